The topological polar surface area (TPSA) is 102 Å². The Labute approximate surface area is 208 Å². The minimum Gasteiger partial charge on any atom is -0.507 e. The number of amides is 1. The van der Waals surface area contributed by atoms with Crippen molar-refractivity contribution in [2.24, 2.45) is 0 Å². The monoisotopic (exact) mass is 481 g/mol. The van der Waals surface area contributed by atoms with Crippen molar-refractivity contribution in [3.8, 4) is 17.0 Å². The number of nitrogen functional groups attached to an aromatic ring is 1. The van der Waals surface area contributed by atoms with Crippen LogP contribution in [0.5, 0.6) is 5.75 Å². The number of anilines is 2. The van der Waals surface area contributed by atoms with Gasteiger partial charge in [0.15, 0.2) is 5.82 Å². The van der Waals surface area contributed by atoms with Gasteiger partial charge in [0.05, 0.1) is 11.4 Å². The molecule has 2 fully saturated rings. The van der Waals surface area contributed by atoms with Gasteiger partial charge in [-0.3, -0.25) is 4.79 Å². The van der Waals surface area contributed by atoms with E-state index in [0.29, 0.717) is 49.7 Å². The van der Waals surface area contributed by atoms with Crippen molar-refractivity contribution in [1.82, 2.24) is 24.9 Å². The van der Waals surface area contributed by atoms with E-state index in [0.717, 1.165) is 44.8 Å². The molecule has 3 heterocycles. The molecule has 1 aromatic carbocycles. The lowest BCUT2D eigenvalue weighted by molar-refractivity contribution is -0.131. The fourth-order valence-corrected chi connectivity index (χ4v) is 4.89. The Balaban J connectivity index is 1.22. The molecule has 0 bridgehead atoms. The molecule has 0 radical (unpaired) electrons. The van der Waals surface area contributed by atoms with Crippen LogP contribution in [0.3, 0.4) is 0 Å². The predicted octanol–water partition coefficient (Wildman–Crippen LogP) is 2.28. The number of phenols is 1. The van der Waals surface area contributed by atoms with Gasteiger partial charge in [-0.2, -0.15) is 0 Å². The number of hydrogen-bond acceptors (Lipinski definition) is 8. The molecule has 0 saturated carbocycles. The standard InChI is InChI=1S/C26H39N7O2/c1-2-3-10-30-12-14-31(15-13-30)11-6-9-25(35)33-18-16-32(17-19-33)23-20-22(28-29-26(23)27)21-7-4-5-8-24(21)34/h4-5,7-8,20,34H,2-3,6,9-19H2,1H3,(H2,27,29). The van der Waals surface area contributed by atoms with Crippen molar-refractivity contribution < 1.29 is 9.90 Å². The number of benzene rings is 1. The van der Waals surface area contributed by atoms with Crippen molar-refractivity contribution in [2.45, 2.75) is 32.6 Å². The van der Waals surface area contributed by atoms with Crippen molar-refractivity contribution in [3.05, 3.63) is 30.3 Å². The van der Waals surface area contributed by atoms with Crippen LogP contribution in [0.25, 0.3) is 11.3 Å². The number of unbranched alkanes of at least 4 members (excludes halogenated alkanes) is 1. The third-order valence-corrected chi connectivity index (χ3v) is 7.11. The normalized spacial score (nSPS) is 17.6. The predicted molar refractivity (Wildman–Crippen MR) is 139 cm³/mol. The van der Waals surface area contributed by atoms with E-state index in [9.17, 15) is 9.90 Å². The highest BCUT2D eigenvalue weighted by Gasteiger charge is 2.24. The highest BCUT2D eigenvalue weighted by atomic mass is 16.3. The van der Waals surface area contributed by atoms with Crippen molar-refractivity contribution in [3.63, 3.8) is 0 Å². The van der Waals surface area contributed by atoms with Gasteiger partial charge in [-0.15, -0.1) is 10.2 Å². The number of nitrogens with two attached hydrogens (primary N) is 1. The summed E-state index contributed by atoms with van der Waals surface area (Å²) in [6.07, 6.45) is 4.05. The summed E-state index contributed by atoms with van der Waals surface area (Å²) in [6.45, 7) is 11.7. The van der Waals surface area contributed by atoms with Crippen LogP contribution in [0.4, 0.5) is 11.5 Å². The SMILES string of the molecule is CCCCN1CCN(CCCC(=O)N2CCN(c3cc(-c4ccccc4O)nnc3N)CC2)CC1. The smallest absolute Gasteiger partial charge is 0.222 e. The molecule has 1 amide bonds. The summed E-state index contributed by atoms with van der Waals surface area (Å²) in [4.78, 5) is 22.0. The van der Waals surface area contributed by atoms with Crippen LogP contribution in [0, 0.1) is 0 Å². The van der Waals surface area contributed by atoms with E-state index in [4.69, 9.17) is 5.73 Å². The molecule has 0 aliphatic carbocycles. The average Bonchev–Trinajstić information content (AvgIpc) is 2.89. The maximum absolute atomic E-state index is 12.8. The van der Waals surface area contributed by atoms with Gasteiger partial charge in [0, 0.05) is 64.3 Å². The van der Waals surface area contributed by atoms with Gasteiger partial charge < -0.3 is 30.4 Å². The molecule has 2 aromatic rings. The maximum atomic E-state index is 12.8. The second-order valence-electron chi connectivity index (χ2n) is 9.53. The molecule has 190 valence electrons. The van der Waals surface area contributed by atoms with E-state index < -0.39 is 0 Å². The number of aromatic hydroxyl groups is 1. The Bertz CT molecular complexity index is 970. The van der Waals surface area contributed by atoms with Crippen molar-refractivity contribution >= 4 is 17.4 Å². The number of carbonyl (C=O) groups excluding carboxylic acids is 1. The lowest BCUT2D eigenvalue weighted by Crippen LogP contribution is -2.49. The van der Waals surface area contributed by atoms with Crippen LogP contribution in [0.1, 0.15) is 32.6 Å². The molecule has 2 saturated heterocycles. The van der Waals surface area contributed by atoms with E-state index in [1.54, 1.807) is 12.1 Å². The number of rotatable bonds is 9. The molecular formula is C26H39N7O2. The lowest BCUT2D eigenvalue weighted by Gasteiger charge is -2.37. The van der Waals surface area contributed by atoms with Gasteiger partial charge in [0.1, 0.15) is 5.75 Å². The van der Waals surface area contributed by atoms with Crippen LogP contribution >= 0.6 is 0 Å². The molecule has 9 heteroatoms. The summed E-state index contributed by atoms with van der Waals surface area (Å²) in [7, 11) is 0. The number of aromatic nitrogens is 2. The molecule has 1 aromatic heterocycles. The summed E-state index contributed by atoms with van der Waals surface area (Å²) in [6, 6.07) is 8.93. The molecule has 0 spiro atoms. The Morgan fingerprint density at radius 1 is 0.943 bits per heavy atom. The molecule has 0 unspecified atom stereocenters. The fourth-order valence-electron chi connectivity index (χ4n) is 4.89. The van der Waals surface area contributed by atoms with Gasteiger partial charge in [-0.25, -0.2) is 0 Å². The Kier molecular flexibility index (Phi) is 8.76. The molecular weight excluding hydrogens is 442 g/mol. The molecule has 35 heavy (non-hydrogen) atoms. The maximum Gasteiger partial charge on any atom is 0.222 e. The minimum atomic E-state index is 0.159. The zero-order chi connectivity index (χ0) is 24.6. The Hall–Kier alpha value is -2.91. The van der Waals surface area contributed by atoms with Gasteiger partial charge in [-0.1, -0.05) is 25.5 Å². The molecule has 0 atom stereocenters. The van der Waals surface area contributed by atoms with Gasteiger partial charge in [0.2, 0.25) is 5.91 Å². The number of piperazine rings is 2. The number of phenolic OH excluding ortho intramolecular Hbond substituents is 1. The second kappa shape index (κ2) is 12.2. The van der Waals surface area contributed by atoms with E-state index in [2.05, 4.69) is 31.8 Å². The molecule has 9 nitrogen and oxygen atoms in total. The summed E-state index contributed by atoms with van der Waals surface area (Å²) in [5.41, 5.74) is 8.13. The van der Waals surface area contributed by atoms with Crippen LogP contribution < -0.4 is 10.6 Å². The number of hydrogen-bond donors (Lipinski definition) is 2. The first-order valence-electron chi connectivity index (χ1n) is 12.9. The number of carbonyl (C=O) groups is 1. The summed E-state index contributed by atoms with van der Waals surface area (Å²) < 4.78 is 0. The number of nitrogens with zero attached hydrogens (tertiary/aromatic N) is 6. The zero-order valence-corrected chi connectivity index (χ0v) is 20.9. The third-order valence-electron chi connectivity index (χ3n) is 7.11. The number of para-hydroxylation sites is 1. The second-order valence-corrected chi connectivity index (χ2v) is 9.53. The molecule has 2 aliphatic rings. The van der Waals surface area contributed by atoms with Crippen molar-refractivity contribution in [1.29, 1.82) is 0 Å². The minimum absolute atomic E-state index is 0.159. The van der Waals surface area contributed by atoms with Crippen LogP contribution in [-0.2, 0) is 4.79 Å². The first kappa shape index (κ1) is 25.2. The summed E-state index contributed by atoms with van der Waals surface area (Å²) >= 11 is 0. The Morgan fingerprint density at radius 3 is 2.26 bits per heavy atom. The van der Waals surface area contributed by atoms with E-state index >= 15 is 0 Å². The highest BCUT2D eigenvalue weighted by Crippen LogP contribution is 2.31. The summed E-state index contributed by atoms with van der Waals surface area (Å²) in [5, 5.41) is 18.4. The molecule has 2 aliphatic heterocycles. The van der Waals surface area contributed by atoms with Crippen LogP contribution in [0.2, 0.25) is 0 Å². The van der Waals surface area contributed by atoms with E-state index in [-0.39, 0.29) is 11.7 Å². The lowest BCUT2D eigenvalue weighted by atomic mass is 10.1. The first-order chi connectivity index (χ1) is 17.0. The van der Waals surface area contributed by atoms with E-state index in [1.807, 2.05) is 23.1 Å². The largest absolute Gasteiger partial charge is 0.507 e. The van der Waals surface area contributed by atoms with Gasteiger partial charge >= 0.3 is 0 Å². The van der Waals surface area contributed by atoms with Gasteiger partial charge in [0.25, 0.3) is 0 Å². The third kappa shape index (κ3) is 6.61. The van der Waals surface area contributed by atoms with Crippen LogP contribution in [0.15, 0.2) is 30.3 Å². The fraction of sp³-hybridized carbons (Fsp3) is 0.577. The van der Waals surface area contributed by atoms with Crippen LogP contribution in [-0.4, -0.2) is 101 Å². The molecule has 4 rings (SSSR count). The van der Waals surface area contributed by atoms with Crippen molar-refractivity contribution in [2.75, 3.05) is 76.1 Å². The highest BCUT2D eigenvalue weighted by molar-refractivity contribution is 5.77. The quantitative estimate of drug-likeness (QED) is 0.563. The zero-order valence-electron chi connectivity index (χ0n) is 20.9. The first-order valence-corrected chi connectivity index (χ1v) is 12.9. The summed E-state index contributed by atoms with van der Waals surface area (Å²) in [5.74, 6) is 0.756. The van der Waals surface area contributed by atoms with E-state index in [1.165, 1.54) is 19.4 Å². The van der Waals surface area contributed by atoms with Gasteiger partial charge in [-0.05, 0) is 44.1 Å². The average molecular weight is 482 g/mol. The Morgan fingerprint density at radius 2 is 1.60 bits per heavy atom. The molecule has 3 N–H and O–H groups in total.